The molecule has 0 bridgehead atoms. The Balaban J connectivity index is 1.55. The minimum Gasteiger partial charge on any atom is -0.381 e. The molecule has 0 radical (unpaired) electrons. The molecular formula is C15H21N3O2S2. The molecule has 3 rings (SSSR count). The summed E-state index contributed by atoms with van der Waals surface area (Å²) in [7, 11) is -2.87. The van der Waals surface area contributed by atoms with Crippen molar-refractivity contribution in [2.45, 2.75) is 18.9 Å². The number of sulfone groups is 1. The van der Waals surface area contributed by atoms with E-state index in [4.69, 9.17) is 0 Å². The van der Waals surface area contributed by atoms with E-state index in [1.807, 2.05) is 18.3 Å². The zero-order valence-corrected chi connectivity index (χ0v) is 14.3. The van der Waals surface area contributed by atoms with E-state index in [0.717, 1.165) is 37.1 Å². The van der Waals surface area contributed by atoms with Crippen LogP contribution in [0.15, 0.2) is 23.7 Å². The van der Waals surface area contributed by atoms with Crippen molar-refractivity contribution in [3.05, 3.63) is 23.7 Å². The number of nitrogens with zero attached hydrogens (tertiary/aromatic N) is 2. The smallest absolute Gasteiger partial charge is 0.148 e. The van der Waals surface area contributed by atoms with E-state index >= 15 is 0 Å². The Hall–Kier alpha value is -1.18. The summed E-state index contributed by atoms with van der Waals surface area (Å²) in [5.74, 6) is 0.255. The molecule has 0 spiro atoms. The number of hydrogen-bond donors (Lipinski definition) is 1. The number of nitrogens with one attached hydrogen (secondary N) is 1. The van der Waals surface area contributed by atoms with Crippen molar-refractivity contribution in [3.8, 4) is 0 Å². The van der Waals surface area contributed by atoms with Gasteiger partial charge in [0.1, 0.15) is 9.84 Å². The largest absolute Gasteiger partial charge is 0.381 e. The van der Waals surface area contributed by atoms with Crippen LogP contribution >= 0.6 is 11.3 Å². The van der Waals surface area contributed by atoms with Crippen LogP contribution in [0, 0.1) is 0 Å². The third kappa shape index (κ3) is 3.97. The molecule has 1 fully saturated rings. The molecule has 0 saturated carbocycles. The van der Waals surface area contributed by atoms with Gasteiger partial charge in [-0.2, -0.15) is 0 Å². The highest BCUT2D eigenvalue weighted by molar-refractivity contribution is 7.90. The molecule has 120 valence electrons. The van der Waals surface area contributed by atoms with Gasteiger partial charge in [0, 0.05) is 38.1 Å². The second-order valence-corrected chi connectivity index (χ2v) is 9.06. The molecule has 0 aromatic carbocycles. The topological polar surface area (TPSA) is 62.3 Å². The maximum atomic E-state index is 11.2. The van der Waals surface area contributed by atoms with Crippen molar-refractivity contribution >= 4 is 37.1 Å². The van der Waals surface area contributed by atoms with Crippen LogP contribution in [0.4, 0.5) is 5.69 Å². The van der Waals surface area contributed by atoms with E-state index in [1.165, 1.54) is 11.0 Å². The number of rotatable bonds is 5. The minimum atomic E-state index is -2.87. The summed E-state index contributed by atoms with van der Waals surface area (Å²) in [5.41, 5.74) is 2.20. The van der Waals surface area contributed by atoms with Crippen LogP contribution in [0.1, 0.15) is 12.8 Å². The predicted molar refractivity (Wildman–Crippen MR) is 92.4 cm³/mol. The Morgan fingerprint density at radius 1 is 1.36 bits per heavy atom. The van der Waals surface area contributed by atoms with Gasteiger partial charge in [-0.15, -0.1) is 11.3 Å². The third-order valence-corrected chi connectivity index (χ3v) is 5.93. The molecule has 0 amide bonds. The highest BCUT2D eigenvalue weighted by Gasteiger charge is 2.20. The first-order valence-electron chi connectivity index (χ1n) is 7.50. The lowest BCUT2D eigenvalue weighted by atomic mass is 10.0. The number of likely N-dealkylation sites (tertiary alicyclic amines) is 1. The Morgan fingerprint density at radius 2 is 2.14 bits per heavy atom. The van der Waals surface area contributed by atoms with Gasteiger partial charge in [-0.1, -0.05) is 0 Å². The van der Waals surface area contributed by atoms with Crippen LogP contribution in [0.25, 0.3) is 10.2 Å². The van der Waals surface area contributed by atoms with E-state index in [-0.39, 0.29) is 5.75 Å². The van der Waals surface area contributed by atoms with Crippen molar-refractivity contribution in [3.63, 3.8) is 0 Å². The quantitative estimate of drug-likeness (QED) is 0.905. The van der Waals surface area contributed by atoms with Crippen molar-refractivity contribution < 1.29 is 8.42 Å². The van der Waals surface area contributed by atoms with Gasteiger partial charge in [0.05, 0.1) is 21.7 Å². The van der Waals surface area contributed by atoms with Gasteiger partial charge >= 0.3 is 0 Å². The van der Waals surface area contributed by atoms with Crippen molar-refractivity contribution in [1.29, 1.82) is 0 Å². The Kier molecular flexibility index (Phi) is 4.65. The molecule has 1 aliphatic heterocycles. The number of aromatic nitrogens is 1. The SMILES string of the molecule is CS(=O)(=O)CCN1CCC(Nc2ccnc3ccsc23)CC1. The van der Waals surface area contributed by atoms with Crippen LogP contribution in [-0.4, -0.2) is 56.0 Å². The molecular weight excluding hydrogens is 318 g/mol. The molecule has 1 saturated heterocycles. The molecule has 0 aliphatic carbocycles. The number of anilines is 1. The van der Waals surface area contributed by atoms with Crippen molar-refractivity contribution in [1.82, 2.24) is 9.88 Å². The number of fused-ring (bicyclic) bond motifs is 1. The Bertz CT molecular complexity index is 734. The highest BCUT2D eigenvalue weighted by Crippen LogP contribution is 2.28. The first kappa shape index (κ1) is 15.7. The maximum absolute atomic E-state index is 11.2. The van der Waals surface area contributed by atoms with Crippen molar-refractivity contribution in [2.24, 2.45) is 0 Å². The molecule has 5 nitrogen and oxygen atoms in total. The van der Waals surface area contributed by atoms with E-state index in [1.54, 1.807) is 11.3 Å². The summed E-state index contributed by atoms with van der Waals surface area (Å²) < 4.78 is 23.7. The Morgan fingerprint density at radius 3 is 2.86 bits per heavy atom. The lowest BCUT2D eigenvalue weighted by Gasteiger charge is -2.32. The fraction of sp³-hybridized carbons (Fsp3) is 0.533. The summed E-state index contributed by atoms with van der Waals surface area (Å²) >= 11 is 1.71. The van der Waals surface area contributed by atoms with Gasteiger partial charge in [0.15, 0.2) is 0 Å². The van der Waals surface area contributed by atoms with Crippen LogP contribution in [0.3, 0.4) is 0 Å². The average Bonchev–Trinajstić information content (AvgIpc) is 2.95. The summed E-state index contributed by atoms with van der Waals surface area (Å²) in [6.45, 7) is 2.55. The van der Waals surface area contributed by atoms with E-state index < -0.39 is 9.84 Å². The average molecular weight is 339 g/mol. The first-order valence-corrected chi connectivity index (χ1v) is 10.4. The fourth-order valence-corrected chi connectivity index (χ4v) is 4.22. The molecule has 7 heteroatoms. The second-order valence-electron chi connectivity index (χ2n) is 5.88. The fourth-order valence-electron chi connectivity index (χ4n) is 2.80. The molecule has 3 heterocycles. The standard InChI is InChI=1S/C15H21N3O2S2/c1-22(19,20)11-9-18-7-3-12(4-8-18)17-14-2-6-16-13-5-10-21-15(13)14/h2,5-6,10,12H,3-4,7-9,11H2,1H3,(H,16,17). The van der Waals surface area contributed by atoms with E-state index in [0.29, 0.717) is 12.6 Å². The first-order chi connectivity index (χ1) is 10.5. The van der Waals surface area contributed by atoms with Gasteiger partial charge in [-0.05, 0) is 30.4 Å². The van der Waals surface area contributed by atoms with Gasteiger partial charge in [-0.3, -0.25) is 4.98 Å². The summed E-state index contributed by atoms with van der Waals surface area (Å²) in [6, 6.07) is 4.52. The van der Waals surface area contributed by atoms with E-state index in [9.17, 15) is 8.42 Å². The number of thiophene rings is 1. The van der Waals surface area contributed by atoms with Crippen LogP contribution < -0.4 is 5.32 Å². The second kappa shape index (κ2) is 6.52. The molecule has 22 heavy (non-hydrogen) atoms. The van der Waals surface area contributed by atoms with E-state index in [2.05, 4.69) is 20.6 Å². The third-order valence-electron chi connectivity index (χ3n) is 4.07. The minimum absolute atomic E-state index is 0.255. The molecule has 2 aromatic heterocycles. The zero-order chi connectivity index (χ0) is 15.6. The Labute approximate surface area is 135 Å². The van der Waals surface area contributed by atoms with Gasteiger partial charge in [0.2, 0.25) is 0 Å². The number of piperidine rings is 1. The van der Waals surface area contributed by atoms with Crippen LogP contribution in [0.5, 0.6) is 0 Å². The monoisotopic (exact) mass is 339 g/mol. The lowest BCUT2D eigenvalue weighted by molar-refractivity contribution is 0.230. The summed E-state index contributed by atoms with van der Waals surface area (Å²) in [6.07, 6.45) is 5.23. The molecule has 2 aromatic rings. The predicted octanol–water partition coefficient (Wildman–Crippen LogP) is 2.22. The summed E-state index contributed by atoms with van der Waals surface area (Å²) in [5, 5.41) is 5.69. The van der Waals surface area contributed by atoms with Gasteiger partial charge < -0.3 is 10.2 Å². The molecule has 0 unspecified atom stereocenters. The van der Waals surface area contributed by atoms with Crippen molar-refractivity contribution in [2.75, 3.05) is 37.0 Å². The zero-order valence-electron chi connectivity index (χ0n) is 12.7. The normalized spacial score (nSPS) is 17.9. The number of pyridine rings is 1. The van der Waals surface area contributed by atoms with Gasteiger partial charge in [0.25, 0.3) is 0 Å². The van der Waals surface area contributed by atoms with Crippen LogP contribution in [-0.2, 0) is 9.84 Å². The molecule has 0 atom stereocenters. The molecule has 1 aliphatic rings. The maximum Gasteiger partial charge on any atom is 0.148 e. The molecule has 1 N–H and O–H groups in total. The highest BCUT2D eigenvalue weighted by atomic mass is 32.2. The number of hydrogen-bond acceptors (Lipinski definition) is 6. The van der Waals surface area contributed by atoms with Crippen LogP contribution in [0.2, 0.25) is 0 Å². The summed E-state index contributed by atoms with van der Waals surface area (Å²) in [4.78, 5) is 6.60. The lowest BCUT2D eigenvalue weighted by Crippen LogP contribution is -2.41. The van der Waals surface area contributed by atoms with Gasteiger partial charge in [-0.25, -0.2) is 8.42 Å².